The molecule has 15 heavy (non-hydrogen) atoms. The quantitative estimate of drug-likeness (QED) is 0.474. The standard InChI is InChI=1S/C8H6BrClFN3O/c1-3(12)14-8(15)5-4(9)2-13-7(10)6(5)11/h2H,1H3,(H2,12,14,15). The van der Waals surface area contributed by atoms with Gasteiger partial charge in [-0.25, -0.2) is 9.37 Å². The highest BCUT2D eigenvalue weighted by molar-refractivity contribution is 9.10. The minimum atomic E-state index is -0.912. The summed E-state index contributed by atoms with van der Waals surface area (Å²) in [4.78, 5) is 15.0. The summed E-state index contributed by atoms with van der Waals surface area (Å²) < 4.78 is 13.6. The van der Waals surface area contributed by atoms with Gasteiger partial charge in [-0.15, -0.1) is 0 Å². The topological polar surface area (TPSA) is 65.8 Å². The van der Waals surface area contributed by atoms with Crippen molar-refractivity contribution >= 4 is 39.3 Å². The van der Waals surface area contributed by atoms with Crippen molar-refractivity contribution in [2.75, 3.05) is 0 Å². The van der Waals surface area contributed by atoms with Crippen molar-refractivity contribution in [3.63, 3.8) is 0 Å². The average Bonchev–Trinajstić information content (AvgIpc) is 2.11. The van der Waals surface area contributed by atoms with Gasteiger partial charge in [-0.3, -0.25) is 10.2 Å². The maximum absolute atomic E-state index is 13.4. The lowest BCUT2D eigenvalue weighted by Gasteiger charge is -2.06. The van der Waals surface area contributed by atoms with Gasteiger partial charge in [0.25, 0.3) is 5.91 Å². The number of rotatable bonds is 1. The summed E-state index contributed by atoms with van der Waals surface area (Å²) in [6.07, 6.45) is 1.22. The number of amides is 1. The van der Waals surface area contributed by atoms with E-state index < -0.39 is 11.7 Å². The van der Waals surface area contributed by atoms with Crippen LogP contribution in [0.5, 0.6) is 0 Å². The van der Waals surface area contributed by atoms with E-state index in [2.05, 4.69) is 26.2 Å². The fraction of sp³-hybridized carbons (Fsp3) is 0.125. The lowest BCUT2D eigenvalue weighted by atomic mass is 10.2. The molecular formula is C8H6BrClFN3O. The Labute approximate surface area is 98.5 Å². The van der Waals surface area contributed by atoms with Crippen molar-refractivity contribution in [2.24, 2.45) is 0 Å². The molecule has 1 aromatic rings. The van der Waals surface area contributed by atoms with Gasteiger partial charge in [-0.1, -0.05) is 11.6 Å². The molecular weight excluding hydrogens is 288 g/mol. The van der Waals surface area contributed by atoms with Gasteiger partial charge >= 0.3 is 0 Å². The fourth-order valence-electron chi connectivity index (χ4n) is 0.883. The largest absolute Gasteiger partial charge is 0.311 e. The molecule has 0 bridgehead atoms. The summed E-state index contributed by atoms with van der Waals surface area (Å²) in [7, 11) is 0. The van der Waals surface area contributed by atoms with Crippen LogP contribution in [0.15, 0.2) is 10.7 Å². The Kier molecular flexibility index (Phi) is 3.76. The second kappa shape index (κ2) is 4.67. The third-order valence-corrected chi connectivity index (χ3v) is 2.32. The number of amidine groups is 1. The maximum Gasteiger partial charge on any atom is 0.260 e. The molecule has 0 aliphatic carbocycles. The summed E-state index contributed by atoms with van der Waals surface area (Å²) in [5.74, 6) is -1.74. The summed E-state index contributed by atoms with van der Waals surface area (Å²) in [6, 6.07) is 0. The minimum absolute atomic E-state index is 0.0840. The molecule has 0 saturated heterocycles. The Morgan fingerprint density at radius 2 is 2.33 bits per heavy atom. The Morgan fingerprint density at radius 1 is 1.73 bits per heavy atom. The first kappa shape index (κ1) is 12.1. The zero-order chi connectivity index (χ0) is 11.6. The predicted octanol–water partition coefficient (Wildman–Crippen LogP) is 2.36. The molecule has 1 heterocycles. The van der Waals surface area contributed by atoms with E-state index >= 15 is 0 Å². The van der Waals surface area contributed by atoms with Gasteiger partial charge in [0.1, 0.15) is 0 Å². The first-order valence-corrected chi connectivity index (χ1v) is 4.96. The summed E-state index contributed by atoms with van der Waals surface area (Å²) >= 11 is 8.41. The Bertz CT molecular complexity index is 438. The SMILES string of the molecule is CC(=N)NC(=O)c1c(Br)cnc(Cl)c1F. The molecule has 2 N–H and O–H groups in total. The van der Waals surface area contributed by atoms with Crippen molar-refractivity contribution in [1.82, 2.24) is 10.3 Å². The van der Waals surface area contributed by atoms with E-state index in [-0.39, 0.29) is 21.0 Å². The number of nitrogens with zero attached hydrogens (tertiary/aromatic N) is 1. The van der Waals surface area contributed by atoms with Crippen molar-refractivity contribution in [3.05, 3.63) is 27.2 Å². The number of hydrogen-bond donors (Lipinski definition) is 2. The van der Waals surface area contributed by atoms with E-state index in [0.717, 1.165) is 0 Å². The zero-order valence-electron chi connectivity index (χ0n) is 7.57. The first-order valence-electron chi connectivity index (χ1n) is 3.79. The van der Waals surface area contributed by atoms with Gasteiger partial charge in [0, 0.05) is 6.20 Å². The molecule has 0 saturated carbocycles. The Balaban J connectivity index is 3.18. The predicted molar refractivity (Wildman–Crippen MR) is 57.8 cm³/mol. The van der Waals surface area contributed by atoms with E-state index in [4.69, 9.17) is 17.0 Å². The van der Waals surface area contributed by atoms with E-state index in [1.54, 1.807) is 0 Å². The van der Waals surface area contributed by atoms with Crippen LogP contribution in [0, 0.1) is 11.2 Å². The molecule has 1 rings (SSSR count). The zero-order valence-corrected chi connectivity index (χ0v) is 9.91. The lowest BCUT2D eigenvalue weighted by molar-refractivity contribution is 0.0971. The van der Waals surface area contributed by atoms with Crippen LogP contribution in [0.4, 0.5) is 4.39 Å². The fourth-order valence-corrected chi connectivity index (χ4v) is 1.48. The summed E-state index contributed by atoms with van der Waals surface area (Å²) in [6.45, 7) is 1.37. The van der Waals surface area contributed by atoms with Gasteiger partial charge in [0.05, 0.1) is 15.9 Å². The number of pyridine rings is 1. The highest BCUT2D eigenvalue weighted by Crippen LogP contribution is 2.23. The molecule has 7 heteroatoms. The van der Waals surface area contributed by atoms with Crippen LogP contribution in [0.3, 0.4) is 0 Å². The molecule has 0 spiro atoms. The maximum atomic E-state index is 13.4. The number of halogens is 3. The van der Waals surface area contributed by atoms with E-state index in [9.17, 15) is 9.18 Å². The van der Waals surface area contributed by atoms with Crippen LogP contribution in [0.1, 0.15) is 17.3 Å². The second-order valence-electron chi connectivity index (χ2n) is 2.67. The number of hydrogen-bond acceptors (Lipinski definition) is 3. The third kappa shape index (κ3) is 2.73. The van der Waals surface area contributed by atoms with Gasteiger partial charge in [-0.2, -0.15) is 0 Å². The van der Waals surface area contributed by atoms with Crippen LogP contribution >= 0.6 is 27.5 Å². The van der Waals surface area contributed by atoms with Gasteiger partial charge in [0.2, 0.25) is 0 Å². The van der Waals surface area contributed by atoms with Crippen LogP contribution < -0.4 is 5.32 Å². The first-order chi connectivity index (χ1) is 6.93. The van der Waals surface area contributed by atoms with Crippen molar-refractivity contribution in [2.45, 2.75) is 6.92 Å². The van der Waals surface area contributed by atoms with Crippen LogP contribution in [0.2, 0.25) is 5.15 Å². The van der Waals surface area contributed by atoms with Crippen molar-refractivity contribution in [1.29, 1.82) is 5.41 Å². The molecule has 0 aliphatic heterocycles. The molecule has 4 nitrogen and oxygen atoms in total. The van der Waals surface area contributed by atoms with E-state index in [1.165, 1.54) is 13.1 Å². The second-order valence-corrected chi connectivity index (χ2v) is 3.88. The molecule has 0 aromatic carbocycles. The van der Waals surface area contributed by atoms with Crippen molar-refractivity contribution < 1.29 is 9.18 Å². The minimum Gasteiger partial charge on any atom is -0.311 e. The smallest absolute Gasteiger partial charge is 0.260 e. The monoisotopic (exact) mass is 293 g/mol. The van der Waals surface area contributed by atoms with Crippen LogP contribution in [0.25, 0.3) is 0 Å². The normalized spacial score (nSPS) is 9.87. The van der Waals surface area contributed by atoms with Gasteiger partial charge in [0.15, 0.2) is 11.0 Å². The summed E-state index contributed by atoms with van der Waals surface area (Å²) in [5, 5.41) is 8.82. The van der Waals surface area contributed by atoms with Crippen LogP contribution in [-0.2, 0) is 0 Å². The Morgan fingerprint density at radius 3 is 2.87 bits per heavy atom. The van der Waals surface area contributed by atoms with Gasteiger partial charge in [-0.05, 0) is 22.9 Å². The van der Waals surface area contributed by atoms with Gasteiger partial charge < -0.3 is 5.32 Å². The number of aromatic nitrogens is 1. The molecule has 0 fully saturated rings. The van der Waals surface area contributed by atoms with Crippen LogP contribution in [-0.4, -0.2) is 16.7 Å². The van der Waals surface area contributed by atoms with E-state index in [0.29, 0.717) is 0 Å². The average molecular weight is 295 g/mol. The number of nitrogens with one attached hydrogen (secondary N) is 2. The lowest BCUT2D eigenvalue weighted by Crippen LogP contribution is -2.28. The summed E-state index contributed by atoms with van der Waals surface area (Å²) in [5.41, 5.74) is -0.262. The highest BCUT2D eigenvalue weighted by atomic mass is 79.9. The number of carbonyl (C=O) groups is 1. The third-order valence-electron chi connectivity index (χ3n) is 1.46. The molecule has 0 aliphatic rings. The number of carbonyl (C=O) groups excluding carboxylic acids is 1. The Hall–Kier alpha value is -1.01. The highest BCUT2D eigenvalue weighted by Gasteiger charge is 2.19. The molecule has 1 aromatic heterocycles. The molecule has 1 amide bonds. The van der Waals surface area contributed by atoms with E-state index in [1.807, 2.05) is 0 Å². The molecule has 0 radical (unpaired) electrons. The molecule has 80 valence electrons. The molecule has 0 unspecified atom stereocenters. The molecule has 0 atom stereocenters. The van der Waals surface area contributed by atoms with Crippen molar-refractivity contribution in [3.8, 4) is 0 Å².